The highest BCUT2D eigenvalue weighted by molar-refractivity contribution is 5.88. The van der Waals surface area contributed by atoms with Crippen molar-refractivity contribution in [3.63, 3.8) is 0 Å². The summed E-state index contributed by atoms with van der Waals surface area (Å²) in [7, 11) is 2.12. The zero-order chi connectivity index (χ0) is 16.5. The first kappa shape index (κ1) is 14.9. The van der Waals surface area contributed by atoms with E-state index in [2.05, 4.69) is 31.8 Å². The number of anilines is 2. The monoisotopic (exact) mass is 323 g/mol. The molecule has 0 aromatic carbocycles. The van der Waals surface area contributed by atoms with Crippen molar-refractivity contribution in [2.45, 2.75) is 25.8 Å². The molecule has 0 bridgehead atoms. The van der Waals surface area contributed by atoms with Crippen molar-refractivity contribution in [1.29, 1.82) is 0 Å². The summed E-state index contributed by atoms with van der Waals surface area (Å²) in [6.07, 6.45) is 7.35. The van der Waals surface area contributed by atoms with Crippen molar-refractivity contribution < 1.29 is 4.42 Å². The Hall–Kier alpha value is -2.63. The van der Waals surface area contributed by atoms with Crippen LogP contribution in [0.15, 0.2) is 41.4 Å². The Morgan fingerprint density at radius 2 is 2.00 bits per heavy atom. The molecule has 0 radical (unpaired) electrons. The molecule has 3 aromatic heterocycles. The van der Waals surface area contributed by atoms with Gasteiger partial charge in [0, 0.05) is 44.1 Å². The summed E-state index contributed by atoms with van der Waals surface area (Å²) < 4.78 is 5.49. The molecule has 1 aliphatic rings. The Kier molecular flexibility index (Phi) is 3.80. The Morgan fingerprint density at radius 1 is 1.17 bits per heavy atom. The van der Waals surface area contributed by atoms with Gasteiger partial charge in [0.05, 0.1) is 11.6 Å². The fraction of sp³-hybridized carbons (Fsp3) is 0.389. The van der Waals surface area contributed by atoms with Crippen LogP contribution in [0, 0.1) is 6.92 Å². The maximum atomic E-state index is 5.49. The van der Waals surface area contributed by atoms with Crippen molar-refractivity contribution in [3.8, 4) is 0 Å². The van der Waals surface area contributed by atoms with Crippen molar-refractivity contribution >= 4 is 22.6 Å². The second-order valence-electron chi connectivity index (χ2n) is 6.31. The van der Waals surface area contributed by atoms with E-state index in [0.29, 0.717) is 6.04 Å². The molecule has 0 aliphatic carbocycles. The number of aromatic nitrogens is 3. The molecular weight excluding hydrogens is 302 g/mol. The highest BCUT2D eigenvalue weighted by atomic mass is 16.3. The molecule has 4 rings (SSSR count). The normalized spacial score (nSPS) is 15.8. The molecule has 6 heteroatoms. The predicted molar refractivity (Wildman–Crippen MR) is 94.4 cm³/mol. The molecule has 4 heterocycles. The summed E-state index contributed by atoms with van der Waals surface area (Å²) in [4.78, 5) is 17.8. The smallest absolute Gasteiger partial charge is 0.139 e. The van der Waals surface area contributed by atoms with Gasteiger partial charge in [0.15, 0.2) is 0 Å². The molecule has 1 aliphatic heterocycles. The van der Waals surface area contributed by atoms with Gasteiger partial charge in [-0.15, -0.1) is 0 Å². The molecule has 1 fully saturated rings. The number of fused-ring (bicyclic) bond motifs is 1. The van der Waals surface area contributed by atoms with Crippen LogP contribution in [0.3, 0.4) is 0 Å². The lowest BCUT2D eigenvalue weighted by Crippen LogP contribution is -2.44. The quantitative estimate of drug-likeness (QED) is 0.738. The Morgan fingerprint density at radius 3 is 2.79 bits per heavy atom. The van der Waals surface area contributed by atoms with Crippen LogP contribution in [-0.4, -0.2) is 41.1 Å². The second-order valence-corrected chi connectivity index (χ2v) is 6.31. The summed E-state index contributed by atoms with van der Waals surface area (Å²) in [5.41, 5.74) is 1.90. The van der Waals surface area contributed by atoms with Crippen LogP contribution in [0.1, 0.15) is 18.5 Å². The first-order valence-corrected chi connectivity index (χ1v) is 8.31. The molecule has 0 atom stereocenters. The van der Waals surface area contributed by atoms with E-state index in [9.17, 15) is 0 Å². The second kappa shape index (κ2) is 6.11. The van der Waals surface area contributed by atoms with E-state index < -0.39 is 0 Å². The molecule has 0 unspecified atom stereocenters. The summed E-state index contributed by atoms with van der Waals surface area (Å²) in [5, 5.41) is 1.09. The first-order chi connectivity index (χ1) is 11.7. The lowest BCUT2D eigenvalue weighted by Gasteiger charge is -2.38. The molecule has 0 N–H and O–H groups in total. The predicted octanol–water partition coefficient (Wildman–Crippen LogP) is 3.03. The van der Waals surface area contributed by atoms with Crippen LogP contribution >= 0.6 is 0 Å². The summed E-state index contributed by atoms with van der Waals surface area (Å²) in [5.74, 6) is 2.02. The van der Waals surface area contributed by atoms with Gasteiger partial charge in [-0.2, -0.15) is 0 Å². The number of furan rings is 1. The number of aryl methyl sites for hydroxylation is 1. The first-order valence-electron chi connectivity index (χ1n) is 8.31. The van der Waals surface area contributed by atoms with Crippen LogP contribution in [0.4, 0.5) is 11.6 Å². The minimum Gasteiger partial charge on any atom is -0.464 e. The minimum absolute atomic E-state index is 0.485. The number of pyridine rings is 1. The summed E-state index contributed by atoms with van der Waals surface area (Å²) in [6, 6.07) is 6.44. The maximum Gasteiger partial charge on any atom is 0.139 e. The van der Waals surface area contributed by atoms with E-state index in [1.54, 1.807) is 12.6 Å². The molecule has 0 saturated carbocycles. The average Bonchev–Trinajstić information content (AvgIpc) is 3.10. The topological polar surface area (TPSA) is 58.3 Å². The van der Waals surface area contributed by atoms with E-state index in [1.165, 1.54) is 0 Å². The van der Waals surface area contributed by atoms with Crippen molar-refractivity contribution in [1.82, 2.24) is 15.0 Å². The summed E-state index contributed by atoms with van der Waals surface area (Å²) >= 11 is 0. The van der Waals surface area contributed by atoms with Gasteiger partial charge in [-0.25, -0.2) is 15.0 Å². The molecule has 6 nitrogen and oxygen atoms in total. The summed E-state index contributed by atoms with van der Waals surface area (Å²) in [6.45, 7) is 3.96. The fourth-order valence-corrected chi connectivity index (χ4v) is 3.42. The van der Waals surface area contributed by atoms with Crippen LogP contribution in [-0.2, 0) is 0 Å². The largest absolute Gasteiger partial charge is 0.464 e. The van der Waals surface area contributed by atoms with Gasteiger partial charge in [-0.3, -0.25) is 0 Å². The van der Waals surface area contributed by atoms with E-state index in [4.69, 9.17) is 4.42 Å². The SMILES string of the molecule is Cc1cc(N(C)C2CCN(c3nccc4occc34)CC2)ncn1. The Bertz CT molecular complexity index is 838. The average molecular weight is 323 g/mol. The van der Waals surface area contributed by atoms with Gasteiger partial charge in [0.25, 0.3) is 0 Å². The minimum atomic E-state index is 0.485. The highest BCUT2D eigenvalue weighted by Crippen LogP contribution is 2.29. The Labute approximate surface area is 141 Å². The third kappa shape index (κ3) is 2.68. The molecule has 3 aromatic rings. The number of hydrogen-bond acceptors (Lipinski definition) is 6. The zero-order valence-corrected chi connectivity index (χ0v) is 14.0. The van der Waals surface area contributed by atoms with Crippen molar-refractivity contribution in [3.05, 3.63) is 42.7 Å². The molecule has 0 amide bonds. The number of hydrogen-bond donors (Lipinski definition) is 0. The number of piperidine rings is 1. The zero-order valence-electron chi connectivity index (χ0n) is 14.0. The molecule has 0 spiro atoms. The van der Waals surface area contributed by atoms with Gasteiger partial charge in [-0.1, -0.05) is 0 Å². The Balaban J connectivity index is 1.48. The van der Waals surface area contributed by atoms with Gasteiger partial charge >= 0.3 is 0 Å². The third-order valence-electron chi connectivity index (χ3n) is 4.82. The van der Waals surface area contributed by atoms with Crippen LogP contribution in [0.5, 0.6) is 0 Å². The van der Waals surface area contributed by atoms with Crippen LogP contribution < -0.4 is 9.80 Å². The lowest BCUT2D eigenvalue weighted by molar-refractivity contribution is 0.478. The van der Waals surface area contributed by atoms with Gasteiger partial charge < -0.3 is 14.2 Å². The number of rotatable bonds is 3. The standard InChI is InChI=1S/C18H21N5O/c1-13-11-17(21-12-20-13)22(2)14-4-8-23(9-5-14)18-15-6-10-24-16(15)3-7-19-18/h3,6-7,10-12,14H,4-5,8-9H2,1-2H3. The van der Waals surface area contributed by atoms with Crippen molar-refractivity contribution in [2.24, 2.45) is 0 Å². The molecule has 24 heavy (non-hydrogen) atoms. The van der Waals surface area contributed by atoms with Crippen molar-refractivity contribution in [2.75, 3.05) is 29.9 Å². The maximum absolute atomic E-state index is 5.49. The molecule has 1 saturated heterocycles. The highest BCUT2D eigenvalue weighted by Gasteiger charge is 2.25. The third-order valence-corrected chi connectivity index (χ3v) is 4.82. The van der Waals surface area contributed by atoms with E-state index in [1.807, 2.05) is 31.3 Å². The fourth-order valence-electron chi connectivity index (χ4n) is 3.42. The van der Waals surface area contributed by atoms with E-state index >= 15 is 0 Å². The molecular formula is C18H21N5O. The van der Waals surface area contributed by atoms with Gasteiger partial charge in [-0.05, 0) is 31.9 Å². The van der Waals surface area contributed by atoms with Gasteiger partial charge in [0.1, 0.15) is 23.5 Å². The lowest BCUT2D eigenvalue weighted by atomic mass is 10.0. The van der Waals surface area contributed by atoms with Gasteiger partial charge in [0.2, 0.25) is 0 Å². The van der Waals surface area contributed by atoms with E-state index in [0.717, 1.165) is 54.2 Å². The van der Waals surface area contributed by atoms with Crippen LogP contribution in [0.2, 0.25) is 0 Å². The van der Waals surface area contributed by atoms with Crippen LogP contribution in [0.25, 0.3) is 11.0 Å². The van der Waals surface area contributed by atoms with E-state index in [-0.39, 0.29) is 0 Å². The number of nitrogens with zero attached hydrogens (tertiary/aromatic N) is 5. The molecule has 124 valence electrons.